The second-order valence-corrected chi connectivity index (χ2v) is 6.12. The Labute approximate surface area is 150 Å². The van der Waals surface area contributed by atoms with Gasteiger partial charge in [-0.05, 0) is 49.2 Å². The van der Waals surface area contributed by atoms with Crippen LogP contribution in [0.4, 0.5) is 11.4 Å². The van der Waals surface area contributed by atoms with Crippen molar-refractivity contribution >= 4 is 34.9 Å². The molecule has 3 rings (SSSR count). The molecule has 130 valence electrons. The molecule has 25 heavy (non-hydrogen) atoms. The maximum Gasteiger partial charge on any atom is 0.338 e. The summed E-state index contributed by atoms with van der Waals surface area (Å²) in [4.78, 5) is 29.9. The van der Waals surface area contributed by atoms with E-state index in [4.69, 9.17) is 16.3 Å². The maximum atomic E-state index is 11.9. The minimum atomic E-state index is -0.621. The highest BCUT2D eigenvalue weighted by atomic mass is 35.5. The molecule has 0 radical (unpaired) electrons. The molecule has 0 saturated carbocycles. The number of aromatic nitrogens is 1. The average molecular weight is 360 g/mol. The Morgan fingerprint density at radius 2 is 1.88 bits per heavy atom. The van der Waals surface area contributed by atoms with E-state index in [0.29, 0.717) is 5.69 Å². The Morgan fingerprint density at radius 1 is 1.16 bits per heavy atom. The fourth-order valence-corrected chi connectivity index (χ4v) is 2.85. The molecule has 0 spiro atoms. The van der Waals surface area contributed by atoms with Gasteiger partial charge in [0.05, 0.1) is 5.56 Å². The van der Waals surface area contributed by atoms with E-state index < -0.39 is 11.9 Å². The van der Waals surface area contributed by atoms with Gasteiger partial charge in [0.1, 0.15) is 5.15 Å². The van der Waals surface area contributed by atoms with Crippen molar-refractivity contribution in [3.05, 3.63) is 53.3 Å². The number of hydrogen-bond acceptors (Lipinski definition) is 5. The molecule has 1 aromatic heterocycles. The van der Waals surface area contributed by atoms with Gasteiger partial charge in [-0.3, -0.25) is 4.79 Å². The van der Waals surface area contributed by atoms with Gasteiger partial charge in [0.15, 0.2) is 6.61 Å². The Hall–Kier alpha value is -2.60. The predicted octanol–water partition coefficient (Wildman–Crippen LogP) is 3.13. The Kier molecular flexibility index (Phi) is 5.50. The van der Waals surface area contributed by atoms with Crippen LogP contribution < -0.4 is 10.2 Å². The van der Waals surface area contributed by atoms with E-state index >= 15 is 0 Å². The zero-order valence-corrected chi connectivity index (χ0v) is 14.3. The lowest BCUT2D eigenvalue weighted by Crippen LogP contribution is -2.21. The van der Waals surface area contributed by atoms with Crippen molar-refractivity contribution < 1.29 is 14.3 Å². The van der Waals surface area contributed by atoms with E-state index in [-0.39, 0.29) is 17.3 Å². The van der Waals surface area contributed by atoms with Crippen LogP contribution in [-0.4, -0.2) is 36.6 Å². The predicted molar refractivity (Wildman–Crippen MR) is 96.0 cm³/mol. The fraction of sp³-hybridized carbons (Fsp3) is 0.278. The van der Waals surface area contributed by atoms with Crippen molar-refractivity contribution in [2.45, 2.75) is 12.8 Å². The molecule has 6 nitrogen and oxygen atoms in total. The highest BCUT2D eigenvalue weighted by Crippen LogP contribution is 2.22. The lowest BCUT2D eigenvalue weighted by Gasteiger charge is -2.17. The molecule has 0 unspecified atom stereocenters. The van der Waals surface area contributed by atoms with Crippen LogP contribution in [0, 0.1) is 0 Å². The number of benzene rings is 1. The van der Waals surface area contributed by atoms with Crippen LogP contribution in [0.1, 0.15) is 23.2 Å². The molecule has 1 aliphatic rings. The molecule has 0 aliphatic carbocycles. The van der Waals surface area contributed by atoms with Crippen molar-refractivity contribution in [1.82, 2.24) is 4.98 Å². The number of carbonyl (C=O) groups is 2. The van der Waals surface area contributed by atoms with E-state index in [1.807, 2.05) is 24.3 Å². The molecule has 0 atom stereocenters. The first-order chi connectivity index (χ1) is 12.1. The largest absolute Gasteiger partial charge is 0.452 e. The zero-order chi connectivity index (χ0) is 17.6. The van der Waals surface area contributed by atoms with Crippen LogP contribution in [-0.2, 0) is 9.53 Å². The van der Waals surface area contributed by atoms with Gasteiger partial charge in [-0.25, -0.2) is 9.78 Å². The highest BCUT2D eigenvalue weighted by Gasteiger charge is 2.13. The Balaban J connectivity index is 1.49. The number of ether oxygens (including phenoxy) is 1. The van der Waals surface area contributed by atoms with E-state index in [1.165, 1.54) is 31.2 Å². The van der Waals surface area contributed by atoms with Crippen molar-refractivity contribution in [2.75, 3.05) is 29.9 Å². The van der Waals surface area contributed by atoms with E-state index in [2.05, 4.69) is 15.2 Å². The third kappa shape index (κ3) is 4.70. The molecule has 0 bridgehead atoms. The van der Waals surface area contributed by atoms with Gasteiger partial charge in [0, 0.05) is 30.7 Å². The van der Waals surface area contributed by atoms with Crippen molar-refractivity contribution in [1.29, 1.82) is 0 Å². The second-order valence-electron chi connectivity index (χ2n) is 5.73. The molecule has 1 fully saturated rings. The lowest BCUT2D eigenvalue weighted by atomic mass is 10.2. The highest BCUT2D eigenvalue weighted by molar-refractivity contribution is 6.29. The van der Waals surface area contributed by atoms with Crippen molar-refractivity contribution in [3.63, 3.8) is 0 Å². The lowest BCUT2D eigenvalue weighted by molar-refractivity contribution is -0.119. The maximum absolute atomic E-state index is 11.9. The summed E-state index contributed by atoms with van der Waals surface area (Å²) >= 11 is 5.72. The molecule has 1 aromatic carbocycles. The topological polar surface area (TPSA) is 71.5 Å². The molecule has 1 aliphatic heterocycles. The molecular formula is C18H18ClN3O3. The number of esters is 1. The fourth-order valence-electron chi connectivity index (χ4n) is 2.67. The summed E-state index contributed by atoms with van der Waals surface area (Å²) in [5.41, 5.74) is 2.07. The van der Waals surface area contributed by atoms with Gasteiger partial charge in [0.25, 0.3) is 5.91 Å². The number of pyridine rings is 1. The van der Waals surface area contributed by atoms with Gasteiger partial charge in [-0.15, -0.1) is 0 Å². The number of nitrogens with zero attached hydrogens (tertiary/aromatic N) is 2. The van der Waals surface area contributed by atoms with Crippen molar-refractivity contribution in [2.24, 2.45) is 0 Å². The second kappa shape index (κ2) is 7.98. The average Bonchev–Trinajstić information content (AvgIpc) is 3.15. The number of anilines is 2. The normalized spacial score (nSPS) is 13.6. The number of hydrogen-bond donors (Lipinski definition) is 1. The van der Waals surface area contributed by atoms with Gasteiger partial charge in [-0.2, -0.15) is 0 Å². The molecule has 1 saturated heterocycles. The quantitative estimate of drug-likeness (QED) is 0.656. The summed E-state index contributed by atoms with van der Waals surface area (Å²) in [5, 5.41) is 2.90. The van der Waals surface area contributed by atoms with Gasteiger partial charge >= 0.3 is 5.97 Å². The van der Waals surface area contributed by atoms with Gasteiger partial charge < -0.3 is 15.0 Å². The van der Waals surface area contributed by atoms with Gasteiger partial charge in [-0.1, -0.05) is 11.6 Å². The first kappa shape index (κ1) is 17.2. The smallest absolute Gasteiger partial charge is 0.338 e. The van der Waals surface area contributed by atoms with Crippen LogP contribution >= 0.6 is 11.6 Å². The first-order valence-electron chi connectivity index (χ1n) is 8.05. The van der Waals surface area contributed by atoms with E-state index in [9.17, 15) is 9.59 Å². The molecule has 2 heterocycles. The van der Waals surface area contributed by atoms with Crippen LogP contribution in [0.25, 0.3) is 0 Å². The molecule has 7 heteroatoms. The van der Waals surface area contributed by atoms with Crippen LogP contribution in [0.2, 0.25) is 5.15 Å². The molecule has 2 aromatic rings. The van der Waals surface area contributed by atoms with E-state index in [0.717, 1.165) is 18.8 Å². The summed E-state index contributed by atoms with van der Waals surface area (Å²) in [7, 11) is 0. The number of nitrogens with one attached hydrogen (secondary N) is 1. The summed E-state index contributed by atoms with van der Waals surface area (Å²) in [5.74, 6) is -1.02. The SMILES string of the molecule is O=C(COC(=O)c1ccnc(Cl)c1)Nc1ccc(N2CCCC2)cc1. The minimum absolute atomic E-state index is 0.192. The molecule has 1 amide bonds. The number of halogens is 1. The Bertz CT molecular complexity index is 758. The van der Waals surface area contributed by atoms with Crippen LogP contribution in [0.5, 0.6) is 0 Å². The third-order valence-corrected chi connectivity index (χ3v) is 4.13. The third-order valence-electron chi connectivity index (χ3n) is 3.92. The summed E-state index contributed by atoms with van der Waals surface area (Å²) < 4.78 is 4.98. The first-order valence-corrected chi connectivity index (χ1v) is 8.43. The minimum Gasteiger partial charge on any atom is -0.452 e. The summed E-state index contributed by atoms with van der Waals surface area (Å²) in [6, 6.07) is 10.5. The number of carbonyl (C=O) groups excluding carboxylic acids is 2. The van der Waals surface area contributed by atoms with Crippen LogP contribution in [0.3, 0.4) is 0 Å². The van der Waals surface area contributed by atoms with E-state index in [1.54, 1.807) is 0 Å². The van der Waals surface area contributed by atoms with Crippen LogP contribution in [0.15, 0.2) is 42.6 Å². The summed E-state index contributed by atoms with van der Waals surface area (Å²) in [6.07, 6.45) is 3.83. The molecular weight excluding hydrogens is 342 g/mol. The van der Waals surface area contributed by atoms with Crippen molar-refractivity contribution in [3.8, 4) is 0 Å². The summed E-state index contributed by atoms with van der Waals surface area (Å²) in [6.45, 7) is 1.77. The van der Waals surface area contributed by atoms with Gasteiger partial charge in [0.2, 0.25) is 0 Å². The number of amides is 1. The zero-order valence-electron chi connectivity index (χ0n) is 13.6. The Morgan fingerprint density at radius 3 is 2.56 bits per heavy atom. The monoisotopic (exact) mass is 359 g/mol. The standard InChI is InChI=1S/C18H18ClN3O3/c19-16-11-13(7-8-20-16)18(24)25-12-17(23)21-14-3-5-15(6-4-14)22-9-1-2-10-22/h3-8,11H,1-2,9-10,12H2,(H,21,23). The number of rotatable bonds is 5. The molecule has 1 N–H and O–H groups in total.